The average Bonchev–Trinajstić information content (AvgIpc) is 3.56. The van der Waals surface area contributed by atoms with Gasteiger partial charge in [-0.1, -0.05) is 106 Å². The Morgan fingerprint density at radius 1 is 0.958 bits per heavy atom. The van der Waals surface area contributed by atoms with Gasteiger partial charge in [-0.05, 0) is 110 Å². The number of aliphatic hydroxyl groups excluding tert-OH is 1. The summed E-state index contributed by atoms with van der Waals surface area (Å²) < 4.78 is 11.1. The van der Waals surface area contributed by atoms with E-state index in [4.69, 9.17) is 4.74 Å². The van der Waals surface area contributed by atoms with Crippen molar-refractivity contribution < 1.29 is 19.4 Å². The molecule has 0 spiro atoms. The largest absolute Gasteiger partial charge is 0.463 e. The molecule has 2 N–H and O–H groups in total. The third-order valence-corrected chi connectivity index (χ3v) is 12.8. The Hall–Kier alpha value is -2.47. The van der Waals surface area contributed by atoms with E-state index in [1.807, 2.05) is 30.3 Å². The van der Waals surface area contributed by atoms with E-state index in [1.54, 1.807) is 5.57 Å². The maximum absolute atomic E-state index is 11.0. The van der Waals surface area contributed by atoms with Gasteiger partial charge < -0.3 is 19.9 Å². The summed E-state index contributed by atoms with van der Waals surface area (Å²) in [7, 11) is 0. The number of fused-ring (bicyclic) bond motifs is 3. The van der Waals surface area contributed by atoms with E-state index < -0.39 is 0 Å². The second-order valence-corrected chi connectivity index (χ2v) is 16.2. The quantitative estimate of drug-likeness (QED) is 0.128. The summed E-state index contributed by atoms with van der Waals surface area (Å²) in [5.41, 5.74) is 4.30. The van der Waals surface area contributed by atoms with Crippen molar-refractivity contribution in [1.82, 2.24) is 5.32 Å². The number of hydrogen-bond acceptors (Lipinski definition) is 5. The van der Waals surface area contributed by atoms with Gasteiger partial charge in [-0.15, -0.1) is 0 Å². The van der Waals surface area contributed by atoms with Gasteiger partial charge in [0.25, 0.3) is 6.47 Å². The number of hydrogen-bond donors (Lipinski definition) is 2. The summed E-state index contributed by atoms with van der Waals surface area (Å²) in [5.74, 6) is 4.35. The third kappa shape index (κ3) is 8.81. The lowest BCUT2D eigenvalue weighted by Gasteiger charge is -2.60. The highest BCUT2D eigenvalue weighted by Gasteiger charge is 2.57. The first kappa shape index (κ1) is 36.8. The van der Waals surface area contributed by atoms with Crippen LogP contribution in [0.5, 0.6) is 0 Å². The summed E-state index contributed by atoms with van der Waals surface area (Å²) in [5, 5.41) is 14.5. The first-order valence-electron chi connectivity index (χ1n) is 19.0. The number of carbonyl (C=O) groups is 1. The summed E-state index contributed by atoms with van der Waals surface area (Å²) in [4.78, 5) is 9.76. The van der Waals surface area contributed by atoms with Gasteiger partial charge in [-0.25, -0.2) is 0 Å². The lowest BCUT2D eigenvalue weighted by molar-refractivity contribution is -0.129. The zero-order valence-electron chi connectivity index (χ0n) is 30.2. The Labute approximate surface area is 291 Å². The van der Waals surface area contributed by atoms with E-state index in [9.17, 15) is 9.90 Å². The normalized spacial score (nSPS) is 32.8. The zero-order chi connectivity index (χ0) is 34.0. The van der Waals surface area contributed by atoms with Gasteiger partial charge in [-0.2, -0.15) is 0 Å². The van der Waals surface area contributed by atoms with Crippen molar-refractivity contribution >= 4 is 6.47 Å². The Kier molecular flexibility index (Phi) is 13.4. The highest BCUT2D eigenvalue weighted by molar-refractivity contribution is 5.37. The van der Waals surface area contributed by atoms with E-state index in [0.717, 1.165) is 43.0 Å². The van der Waals surface area contributed by atoms with Crippen molar-refractivity contribution in [2.45, 2.75) is 111 Å². The molecule has 0 aromatic heterocycles. The second-order valence-electron chi connectivity index (χ2n) is 16.2. The molecule has 0 bridgehead atoms. The van der Waals surface area contributed by atoms with E-state index in [-0.39, 0.29) is 5.41 Å². The molecule has 3 saturated carbocycles. The van der Waals surface area contributed by atoms with Crippen LogP contribution in [0.1, 0.15) is 103 Å². The fraction of sp³-hybridized carbons (Fsp3) is 0.651. The van der Waals surface area contributed by atoms with Crippen molar-refractivity contribution in [3.8, 4) is 0 Å². The Balaban J connectivity index is 0.000000387. The van der Waals surface area contributed by atoms with Gasteiger partial charge in [0.05, 0.1) is 19.3 Å². The molecule has 8 unspecified atom stereocenters. The smallest absolute Gasteiger partial charge is 0.293 e. The predicted molar refractivity (Wildman–Crippen MR) is 195 cm³/mol. The number of ether oxygens (including phenoxy) is 2. The van der Waals surface area contributed by atoms with Gasteiger partial charge in [0.15, 0.2) is 0 Å². The summed E-state index contributed by atoms with van der Waals surface area (Å²) in [6.45, 7) is 13.5. The van der Waals surface area contributed by atoms with Crippen LogP contribution in [0.25, 0.3) is 0 Å². The Morgan fingerprint density at radius 2 is 1.69 bits per heavy atom. The number of carbonyl (C=O) groups excluding carboxylic acids is 1. The summed E-state index contributed by atoms with van der Waals surface area (Å²) in [6, 6.07) is 20.2. The van der Waals surface area contributed by atoms with Crippen LogP contribution in [0.4, 0.5) is 0 Å². The van der Waals surface area contributed by atoms with Crippen LogP contribution >= 0.6 is 0 Å². The number of allylic oxidation sites excluding steroid dienone is 1. The topological polar surface area (TPSA) is 67.8 Å². The number of aliphatic hydroxyl groups is 1. The summed E-state index contributed by atoms with van der Waals surface area (Å²) in [6.07, 6.45) is 16.1. The number of rotatable bonds is 13. The molecule has 0 aliphatic heterocycles. The first-order chi connectivity index (χ1) is 23.3. The fourth-order valence-electron chi connectivity index (χ4n) is 10.3. The average molecular weight is 658 g/mol. The van der Waals surface area contributed by atoms with Gasteiger partial charge in [-0.3, -0.25) is 4.79 Å². The van der Waals surface area contributed by atoms with Gasteiger partial charge in [0, 0.05) is 18.5 Å². The molecule has 0 radical (unpaired) electrons. The van der Waals surface area contributed by atoms with E-state index >= 15 is 0 Å². The molecule has 264 valence electrons. The molecular weight excluding hydrogens is 594 g/mol. The van der Waals surface area contributed by atoms with Crippen molar-refractivity contribution in [3.63, 3.8) is 0 Å². The molecule has 4 aliphatic rings. The Morgan fingerprint density at radius 3 is 2.38 bits per heavy atom. The fourth-order valence-corrected chi connectivity index (χ4v) is 10.3. The van der Waals surface area contributed by atoms with Gasteiger partial charge >= 0.3 is 0 Å². The van der Waals surface area contributed by atoms with Crippen LogP contribution in [0.2, 0.25) is 0 Å². The molecule has 5 nitrogen and oxygen atoms in total. The minimum absolute atomic E-state index is 0.0894. The molecular formula is C43H63NO4. The van der Waals surface area contributed by atoms with Crippen LogP contribution in [0, 0.1) is 46.3 Å². The SMILES string of the molecule is CC(C)CC1CCC2(C)C(CC=C3C2CCC(C2CCCC2OCCNCc2ccccc2)C3(C)CO)C1.O=COCc1ccccc1. The van der Waals surface area contributed by atoms with Crippen LogP contribution in [-0.4, -0.2) is 37.4 Å². The van der Waals surface area contributed by atoms with Crippen LogP contribution in [0.15, 0.2) is 72.3 Å². The minimum atomic E-state index is -0.0894. The minimum Gasteiger partial charge on any atom is -0.463 e. The lowest BCUT2D eigenvalue weighted by atomic mass is 9.45. The maximum Gasteiger partial charge on any atom is 0.293 e. The molecule has 6 rings (SSSR count). The predicted octanol–water partition coefficient (Wildman–Crippen LogP) is 9.14. The third-order valence-electron chi connectivity index (χ3n) is 12.8. The highest BCUT2D eigenvalue weighted by atomic mass is 16.5. The zero-order valence-corrected chi connectivity index (χ0v) is 30.2. The molecule has 2 aromatic carbocycles. The van der Waals surface area contributed by atoms with Crippen molar-refractivity contribution in [2.75, 3.05) is 19.8 Å². The molecule has 48 heavy (non-hydrogen) atoms. The van der Waals surface area contributed by atoms with Crippen LogP contribution < -0.4 is 5.32 Å². The molecule has 3 fully saturated rings. The first-order valence-corrected chi connectivity index (χ1v) is 19.0. The lowest BCUT2D eigenvalue weighted by Crippen LogP contribution is -2.53. The molecule has 0 heterocycles. The van der Waals surface area contributed by atoms with Crippen molar-refractivity contribution in [1.29, 1.82) is 0 Å². The van der Waals surface area contributed by atoms with Crippen LogP contribution in [-0.2, 0) is 27.4 Å². The summed E-state index contributed by atoms with van der Waals surface area (Å²) >= 11 is 0. The molecule has 8 atom stereocenters. The molecule has 5 heteroatoms. The molecule has 4 aliphatic carbocycles. The van der Waals surface area contributed by atoms with E-state index in [1.165, 1.54) is 69.8 Å². The second kappa shape index (κ2) is 17.5. The molecule has 0 amide bonds. The van der Waals surface area contributed by atoms with Crippen molar-refractivity contribution in [3.05, 3.63) is 83.4 Å². The highest BCUT2D eigenvalue weighted by Crippen LogP contribution is 2.64. The Bertz CT molecular complexity index is 1280. The monoisotopic (exact) mass is 657 g/mol. The van der Waals surface area contributed by atoms with Crippen molar-refractivity contribution in [2.24, 2.45) is 46.3 Å². The number of nitrogens with one attached hydrogen (secondary N) is 1. The standard InChI is InChI=1S/C35H55NO2.C8H8O2/c1-25(2)21-27-17-18-34(3)28(22-27)13-14-32-31(34)16-15-30(35(32,4)24-37)29-11-8-12-33(29)38-20-19-36-23-26-9-6-5-7-10-26;9-7-10-6-8-4-2-1-3-5-8/h5-7,9-10,14,25,27-31,33,36-37H,8,11-13,15-24H2,1-4H3;1-5,7H,6H2. The van der Waals surface area contributed by atoms with Gasteiger partial charge in [0.1, 0.15) is 6.61 Å². The van der Waals surface area contributed by atoms with Crippen LogP contribution in [0.3, 0.4) is 0 Å². The van der Waals surface area contributed by atoms with E-state index in [2.05, 4.69) is 74.2 Å². The number of benzene rings is 2. The molecule has 2 aromatic rings. The van der Waals surface area contributed by atoms with E-state index in [0.29, 0.717) is 49.0 Å². The molecule has 0 saturated heterocycles. The van der Waals surface area contributed by atoms with Gasteiger partial charge in [0.2, 0.25) is 0 Å². The maximum atomic E-state index is 11.0.